The average Bonchev–Trinajstić information content (AvgIpc) is 2.56. The van der Waals surface area contributed by atoms with E-state index in [1.165, 1.54) is 4.57 Å². The van der Waals surface area contributed by atoms with Crippen molar-refractivity contribution in [3.05, 3.63) is 40.8 Å². The van der Waals surface area contributed by atoms with E-state index < -0.39 is 0 Å². The Hall–Kier alpha value is -2.30. The molecule has 1 heterocycles. The zero-order chi connectivity index (χ0) is 18.4. The Morgan fingerprint density at radius 3 is 2.44 bits per heavy atom. The lowest BCUT2D eigenvalue weighted by Gasteiger charge is -2.22. The molecule has 0 unspecified atom stereocenters. The second-order valence-electron chi connectivity index (χ2n) is 6.55. The Morgan fingerprint density at radius 2 is 1.84 bits per heavy atom. The number of hydrogen-bond donors (Lipinski definition) is 0. The quantitative estimate of drug-likeness (QED) is 0.737. The van der Waals surface area contributed by atoms with Gasteiger partial charge in [0, 0.05) is 24.7 Å². The van der Waals surface area contributed by atoms with Crippen molar-refractivity contribution in [1.29, 1.82) is 0 Å². The predicted octanol–water partition coefficient (Wildman–Crippen LogP) is 3.44. The maximum Gasteiger partial charge on any atom is 0.258 e. The number of fused-ring (bicyclic) bond motifs is 1. The summed E-state index contributed by atoms with van der Waals surface area (Å²) in [5.74, 6) is 0.734. The molecule has 0 fully saturated rings. The first-order valence-corrected chi connectivity index (χ1v) is 9.03. The molecule has 5 heteroatoms. The summed E-state index contributed by atoms with van der Waals surface area (Å²) in [6, 6.07) is 7.30. The van der Waals surface area contributed by atoms with Crippen LogP contribution in [0, 0.1) is 0 Å². The van der Waals surface area contributed by atoms with Crippen molar-refractivity contribution in [1.82, 2.24) is 9.47 Å². The van der Waals surface area contributed by atoms with E-state index >= 15 is 0 Å². The van der Waals surface area contributed by atoms with E-state index in [1.54, 1.807) is 18.3 Å². The summed E-state index contributed by atoms with van der Waals surface area (Å²) in [7, 11) is 0. The Bertz CT molecular complexity index is 774. The Labute approximate surface area is 149 Å². The molecule has 2 aromatic rings. The molecule has 1 amide bonds. The average molecular weight is 344 g/mol. The van der Waals surface area contributed by atoms with Crippen molar-refractivity contribution < 1.29 is 9.53 Å². The highest BCUT2D eigenvalue weighted by molar-refractivity contribution is 5.83. The number of nitrogens with zero attached hydrogens (tertiary/aromatic N) is 2. The van der Waals surface area contributed by atoms with Crippen molar-refractivity contribution in [3.8, 4) is 5.75 Å². The van der Waals surface area contributed by atoms with Gasteiger partial charge in [0.1, 0.15) is 12.3 Å². The number of hydrogen-bond acceptors (Lipinski definition) is 3. The number of carbonyl (C=O) groups is 1. The van der Waals surface area contributed by atoms with Gasteiger partial charge in [-0.15, -0.1) is 0 Å². The molecule has 0 aliphatic carbocycles. The molecule has 0 saturated carbocycles. The molecule has 0 spiro atoms. The molecule has 0 radical (unpaired) electrons. The van der Waals surface area contributed by atoms with Crippen LogP contribution in [0.3, 0.4) is 0 Å². The lowest BCUT2D eigenvalue weighted by atomic mass is 10.1. The van der Waals surface area contributed by atoms with Crippen molar-refractivity contribution >= 4 is 16.7 Å². The van der Waals surface area contributed by atoms with E-state index in [0.717, 1.165) is 37.1 Å². The van der Waals surface area contributed by atoms with Crippen molar-refractivity contribution in [3.63, 3.8) is 0 Å². The molecule has 2 rings (SSSR count). The molecule has 136 valence electrons. The molecule has 0 aliphatic rings. The van der Waals surface area contributed by atoms with Gasteiger partial charge in [-0.25, -0.2) is 0 Å². The first-order chi connectivity index (χ1) is 12.0. The van der Waals surface area contributed by atoms with E-state index in [2.05, 4.69) is 13.8 Å². The molecule has 1 aromatic heterocycles. The van der Waals surface area contributed by atoms with Gasteiger partial charge in [-0.05, 0) is 56.3 Å². The summed E-state index contributed by atoms with van der Waals surface area (Å²) in [6.45, 7) is 9.57. The minimum Gasteiger partial charge on any atom is -0.491 e. The number of aromatic nitrogens is 1. The van der Waals surface area contributed by atoms with Gasteiger partial charge in [0.25, 0.3) is 5.56 Å². The summed E-state index contributed by atoms with van der Waals surface area (Å²) >= 11 is 0. The van der Waals surface area contributed by atoms with Crippen molar-refractivity contribution in [2.45, 2.75) is 53.2 Å². The van der Waals surface area contributed by atoms with Gasteiger partial charge in [-0.3, -0.25) is 9.59 Å². The maximum atomic E-state index is 12.7. The first-order valence-electron chi connectivity index (χ1n) is 9.03. The van der Waals surface area contributed by atoms with Crippen LogP contribution in [-0.2, 0) is 11.3 Å². The molecule has 0 atom stereocenters. The van der Waals surface area contributed by atoms with Gasteiger partial charge in [-0.1, -0.05) is 13.8 Å². The lowest BCUT2D eigenvalue weighted by Crippen LogP contribution is -2.37. The summed E-state index contributed by atoms with van der Waals surface area (Å²) < 4.78 is 7.16. The third kappa shape index (κ3) is 4.84. The van der Waals surface area contributed by atoms with Crippen LogP contribution in [0.1, 0.15) is 40.5 Å². The molecule has 5 nitrogen and oxygen atoms in total. The highest BCUT2D eigenvalue weighted by atomic mass is 16.5. The summed E-state index contributed by atoms with van der Waals surface area (Å²) in [5.41, 5.74) is -0.144. The molecule has 25 heavy (non-hydrogen) atoms. The van der Waals surface area contributed by atoms with Gasteiger partial charge < -0.3 is 14.2 Å². The third-order valence-electron chi connectivity index (χ3n) is 3.97. The molecule has 0 saturated heterocycles. The number of ether oxygens (including phenoxy) is 1. The molecular weight excluding hydrogens is 316 g/mol. The van der Waals surface area contributed by atoms with Crippen LogP contribution in [-0.4, -0.2) is 34.6 Å². The summed E-state index contributed by atoms with van der Waals surface area (Å²) in [6.07, 6.45) is 3.60. The fraction of sp³-hybridized carbons (Fsp3) is 0.500. The SMILES string of the molecule is CCCN(CCC)C(=O)Cn1ccc2cc(OC(C)C)ccc2c1=O. The van der Waals surface area contributed by atoms with Crippen LogP contribution in [0.15, 0.2) is 35.3 Å². The van der Waals surface area contributed by atoms with E-state index in [0.29, 0.717) is 5.39 Å². The van der Waals surface area contributed by atoms with Crippen LogP contribution in [0.5, 0.6) is 5.75 Å². The molecular formula is C20H28N2O3. The number of amides is 1. The van der Waals surface area contributed by atoms with Crippen molar-refractivity contribution in [2.75, 3.05) is 13.1 Å². The van der Waals surface area contributed by atoms with Gasteiger partial charge in [-0.2, -0.15) is 0 Å². The van der Waals surface area contributed by atoms with E-state index in [4.69, 9.17) is 4.74 Å². The van der Waals surface area contributed by atoms with Crippen LogP contribution < -0.4 is 10.3 Å². The summed E-state index contributed by atoms with van der Waals surface area (Å²) in [5, 5.41) is 1.43. The maximum absolute atomic E-state index is 12.7. The van der Waals surface area contributed by atoms with Crippen LogP contribution in [0.25, 0.3) is 10.8 Å². The zero-order valence-electron chi connectivity index (χ0n) is 15.6. The first kappa shape index (κ1) is 19.0. The fourth-order valence-corrected chi connectivity index (χ4v) is 2.88. The smallest absolute Gasteiger partial charge is 0.258 e. The Morgan fingerprint density at radius 1 is 1.16 bits per heavy atom. The minimum atomic E-state index is -0.144. The van der Waals surface area contributed by atoms with Crippen LogP contribution in [0.4, 0.5) is 0 Å². The monoisotopic (exact) mass is 344 g/mol. The topological polar surface area (TPSA) is 51.5 Å². The zero-order valence-corrected chi connectivity index (χ0v) is 15.6. The lowest BCUT2D eigenvalue weighted by molar-refractivity contribution is -0.132. The second kappa shape index (κ2) is 8.70. The van der Waals surface area contributed by atoms with Gasteiger partial charge in [0.2, 0.25) is 5.91 Å². The second-order valence-corrected chi connectivity index (χ2v) is 6.55. The number of pyridine rings is 1. The molecule has 1 aromatic carbocycles. The number of carbonyl (C=O) groups excluding carboxylic acids is 1. The van der Waals surface area contributed by atoms with E-state index in [1.807, 2.05) is 30.9 Å². The normalized spacial score (nSPS) is 11.1. The molecule has 0 bridgehead atoms. The standard InChI is InChI=1S/C20H28N2O3/c1-5-10-21(11-6-2)19(23)14-22-12-9-16-13-17(25-15(3)4)7-8-18(16)20(22)24/h7-9,12-13,15H,5-6,10-11,14H2,1-4H3. The van der Waals surface area contributed by atoms with E-state index in [9.17, 15) is 9.59 Å². The highest BCUT2D eigenvalue weighted by Crippen LogP contribution is 2.19. The van der Waals surface area contributed by atoms with Gasteiger partial charge >= 0.3 is 0 Å². The number of benzene rings is 1. The molecule has 0 aliphatic heterocycles. The Kier molecular flexibility index (Phi) is 6.62. The van der Waals surface area contributed by atoms with Crippen LogP contribution in [0.2, 0.25) is 0 Å². The third-order valence-corrected chi connectivity index (χ3v) is 3.97. The largest absolute Gasteiger partial charge is 0.491 e. The van der Waals surface area contributed by atoms with Gasteiger partial charge in [0.05, 0.1) is 6.10 Å². The predicted molar refractivity (Wildman–Crippen MR) is 101 cm³/mol. The molecule has 0 N–H and O–H groups in total. The Balaban J connectivity index is 2.26. The van der Waals surface area contributed by atoms with Crippen LogP contribution >= 0.6 is 0 Å². The van der Waals surface area contributed by atoms with E-state index in [-0.39, 0.29) is 24.1 Å². The minimum absolute atomic E-state index is 0.00934. The fourth-order valence-electron chi connectivity index (χ4n) is 2.88. The summed E-state index contributed by atoms with van der Waals surface area (Å²) in [4.78, 5) is 27.0. The number of rotatable bonds is 8. The highest BCUT2D eigenvalue weighted by Gasteiger charge is 2.14. The van der Waals surface area contributed by atoms with Crippen molar-refractivity contribution in [2.24, 2.45) is 0 Å². The van der Waals surface area contributed by atoms with Gasteiger partial charge in [0.15, 0.2) is 0 Å².